The largest absolute Gasteiger partial charge is 0.491 e. The Labute approximate surface area is 107 Å². The van der Waals surface area contributed by atoms with Crippen LogP contribution in [0.2, 0.25) is 0 Å². The van der Waals surface area contributed by atoms with Crippen molar-refractivity contribution in [3.63, 3.8) is 0 Å². The number of nitrogens with zero attached hydrogens (tertiary/aromatic N) is 1. The summed E-state index contributed by atoms with van der Waals surface area (Å²) in [5, 5.41) is 3.30. The first-order valence-electron chi connectivity index (χ1n) is 6.71. The molecule has 1 N–H and O–H groups in total. The fourth-order valence-electron chi connectivity index (χ4n) is 2.26. The van der Waals surface area contributed by atoms with Gasteiger partial charge in [0.1, 0.15) is 11.6 Å². The summed E-state index contributed by atoms with van der Waals surface area (Å²) in [6.45, 7) is 4.47. The molecule has 4 heteroatoms. The molecule has 0 aromatic heterocycles. The van der Waals surface area contributed by atoms with Crippen LogP contribution in [-0.2, 0) is 0 Å². The van der Waals surface area contributed by atoms with Crippen LogP contribution in [0, 0.1) is 11.7 Å². The van der Waals surface area contributed by atoms with Crippen LogP contribution >= 0.6 is 0 Å². The van der Waals surface area contributed by atoms with Gasteiger partial charge < -0.3 is 15.0 Å². The zero-order valence-corrected chi connectivity index (χ0v) is 10.5. The van der Waals surface area contributed by atoms with Gasteiger partial charge in [0.2, 0.25) is 0 Å². The summed E-state index contributed by atoms with van der Waals surface area (Å²) in [5.74, 6) is 1.35. The molecule has 1 heterocycles. The smallest absolute Gasteiger partial charge is 0.142 e. The average Bonchev–Trinajstić information content (AvgIpc) is 3.22. The number of ether oxygens (including phenoxy) is 1. The van der Waals surface area contributed by atoms with Gasteiger partial charge in [-0.3, -0.25) is 0 Å². The van der Waals surface area contributed by atoms with Crippen LogP contribution < -0.4 is 15.0 Å². The number of piperazine rings is 1. The molecule has 98 valence electrons. The molecule has 1 aliphatic carbocycles. The van der Waals surface area contributed by atoms with Crippen LogP contribution in [-0.4, -0.2) is 32.8 Å². The van der Waals surface area contributed by atoms with Crippen molar-refractivity contribution in [2.75, 3.05) is 37.7 Å². The summed E-state index contributed by atoms with van der Waals surface area (Å²) >= 11 is 0. The van der Waals surface area contributed by atoms with Gasteiger partial charge in [0.25, 0.3) is 0 Å². The molecule has 1 aromatic carbocycles. The second-order valence-electron chi connectivity index (χ2n) is 5.10. The summed E-state index contributed by atoms with van der Waals surface area (Å²) < 4.78 is 19.3. The fourth-order valence-corrected chi connectivity index (χ4v) is 2.26. The van der Waals surface area contributed by atoms with Crippen molar-refractivity contribution in [2.45, 2.75) is 12.8 Å². The van der Waals surface area contributed by atoms with Crippen molar-refractivity contribution in [2.24, 2.45) is 5.92 Å². The van der Waals surface area contributed by atoms with Crippen molar-refractivity contribution < 1.29 is 9.13 Å². The van der Waals surface area contributed by atoms with E-state index in [9.17, 15) is 4.39 Å². The third-order valence-corrected chi connectivity index (χ3v) is 3.55. The maximum absolute atomic E-state index is 13.4. The van der Waals surface area contributed by atoms with Gasteiger partial charge in [0.15, 0.2) is 0 Å². The molecule has 0 atom stereocenters. The van der Waals surface area contributed by atoms with E-state index in [0.29, 0.717) is 5.92 Å². The summed E-state index contributed by atoms with van der Waals surface area (Å²) in [6, 6.07) is 4.83. The first-order valence-corrected chi connectivity index (χ1v) is 6.71. The zero-order chi connectivity index (χ0) is 12.4. The van der Waals surface area contributed by atoms with Crippen molar-refractivity contribution >= 4 is 5.69 Å². The maximum atomic E-state index is 13.4. The molecule has 0 radical (unpaired) electrons. The lowest BCUT2D eigenvalue weighted by atomic mass is 10.2. The number of nitrogens with one attached hydrogen (secondary N) is 1. The Hall–Kier alpha value is -1.29. The van der Waals surface area contributed by atoms with E-state index < -0.39 is 0 Å². The van der Waals surface area contributed by atoms with E-state index >= 15 is 0 Å². The molecular weight excluding hydrogens is 231 g/mol. The topological polar surface area (TPSA) is 24.5 Å². The van der Waals surface area contributed by atoms with Crippen LogP contribution in [0.4, 0.5) is 10.1 Å². The SMILES string of the molecule is Fc1ccc(OCC2CC2)c(N2CCNCC2)c1. The minimum atomic E-state index is -0.192. The molecule has 3 rings (SSSR count). The number of hydrogen-bond donors (Lipinski definition) is 1. The van der Waals surface area contributed by atoms with Crippen LogP contribution in [0.15, 0.2) is 18.2 Å². The summed E-state index contributed by atoms with van der Waals surface area (Å²) in [5.41, 5.74) is 0.900. The minimum Gasteiger partial charge on any atom is -0.491 e. The van der Waals surface area contributed by atoms with Gasteiger partial charge >= 0.3 is 0 Å². The van der Waals surface area contributed by atoms with Crippen LogP contribution in [0.3, 0.4) is 0 Å². The lowest BCUT2D eigenvalue weighted by Crippen LogP contribution is -2.43. The molecule has 0 bridgehead atoms. The molecule has 0 amide bonds. The van der Waals surface area contributed by atoms with E-state index in [0.717, 1.165) is 44.2 Å². The van der Waals surface area contributed by atoms with E-state index in [1.165, 1.54) is 18.9 Å². The molecule has 1 aliphatic heterocycles. The Morgan fingerprint density at radius 2 is 2.06 bits per heavy atom. The highest BCUT2D eigenvalue weighted by atomic mass is 19.1. The Bertz CT molecular complexity index is 414. The lowest BCUT2D eigenvalue weighted by Gasteiger charge is -2.30. The standard InChI is InChI=1S/C14H19FN2O/c15-12-3-4-14(18-10-11-1-2-11)13(9-12)17-7-5-16-6-8-17/h3-4,9,11,16H,1-2,5-8,10H2. The third-order valence-electron chi connectivity index (χ3n) is 3.55. The minimum absolute atomic E-state index is 0.192. The fraction of sp³-hybridized carbons (Fsp3) is 0.571. The van der Waals surface area contributed by atoms with E-state index in [1.807, 2.05) is 0 Å². The molecule has 18 heavy (non-hydrogen) atoms. The Morgan fingerprint density at radius 3 is 2.78 bits per heavy atom. The normalized spacial score (nSPS) is 19.9. The number of halogens is 1. The predicted molar refractivity (Wildman–Crippen MR) is 69.7 cm³/mol. The number of rotatable bonds is 4. The summed E-state index contributed by atoms with van der Waals surface area (Å²) in [6.07, 6.45) is 2.54. The number of anilines is 1. The van der Waals surface area contributed by atoms with Gasteiger partial charge in [0, 0.05) is 32.2 Å². The quantitative estimate of drug-likeness (QED) is 0.885. The van der Waals surface area contributed by atoms with E-state index in [-0.39, 0.29) is 5.82 Å². The van der Waals surface area contributed by atoms with Gasteiger partial charge in [-0.2, -0.15) is 0 Å². The van der Waals surface area contributed by atoms with Crippen molar-refractivity contribution in [1.82, 2.24) is 5.32 Å². The molecule has 0 spiro atoms. The van der Waals surface area contributed by atoms with Gasteiger partial charge in [-0.25, -0.2) is 4.39 Å². The Kier molecular flexibility index (Phi) is 3.37. The van der Waals surface area contributed by atoms with Gasteiger partial charge in [0.05, 0.1) is 12.3 Å². The molecular formula is C14H19FN2O. The first-order chi connectivity index (χ1) is 8.83. The predicted octanol–water partition coefficient (Wildman–Crippen LogP) is 2.02. The van der Waals surface area contributed by atoms with Crippen LogP contribution in [0.5, 0.6) is 5.75 Å². The van der Waals surface area contributed by atoms with Gasteiger partial charge in [-0.1, -0.05) is 0 Å². The monoisotopic (exact) mass is 250 g/mol. The number of benzene rings is 1. The third kappa shape index (κ3) is 2.75. The molecule has 1 saturated heterocycles. The average molecular weight is 250 g/mol. The molecule has 2 aliphatic rings. The molecule has 1 aromatic rings. The first kappa shape index (κ1) is 11.8. The highest BCUT2D eigenvalue weighted by Crippen LogP contribution is 2.33. The maximum Gasteiger partial charge on any atom is 0.142 e. The second-order valence-corrected chi connectivity index (χ2v) is 5.10. The second kappa shape index (κ2) is 5.14. The van der Waals surface area contributed by atoms with Gasteiger partial charge in [-0.05, 0) is 30.9 Å². The van der Waals surface area contributed by atoms with E-state index in [4.69, 9.17) is 4.74 Å². The van der Waals surface area contributed by atoms with E-state index in [2.05, 4.69) is 10.2 Å². The number of hydrogen-bond acceptors (Lipinski definition) is 3. The summed E-state index contributed by atoms with van der Waals surface area (Å²) in [7, 11) is 0. The highest BCUT2D eigenvalue weighted by molar-refractivity contribution is 5.59. The molecule has 0 unspecified atom stereocenters. The molecule has 3 nitrogen and oxygen atoms in total. The van der Waals surface area contributed by atoms with Gasteiger partial charge in [-0.15, -0.1) is 0 Å². The van der Waals surface area contributed by atoms with Crippen molar-refractivity contribution in [1.29, 1.82) is 0 Å². The zero-order valence-electron chi connectivity index (χ0n) is 10.5. The van der Waals surface area contributed by atoms with Crippen LogP contribution in [0.1, 0.15) is 12.8 Å². The van der Waals surface area contributed by atoms with Crippen molar-refractivity contribution in [3.8, 4) is 5.75 Å². The highest BCUT2D eigenvalue weighted by Gasteiger charge is 2.23. The molecule has 1 saturated carbocycles. The summed E-state index contributed by atoms with van der Waals surface area (Å²) in [4.78, 5) is 2.20. The Morgan fingerprint density at radius 1 is 1.28 bits per heavy atom. The van der Waals surface area contributed by atoms with E-state index in [1.54, 1.807) is 12.1 Å². The Balaban J connectivity index is 1.77. The van der Waals surface area contributed by atoms with Crippen molar-refractivity contribution in [3.05, 3.63) is 24.0 Å². The molecule has 2 fully saturated rings. The lowest BCUT2D eigenvalue weighted by molar-refractivity contribution is 0.299. The van der Waals surface area contributed by atoms with Crippen LogP contribution in [0.25, 0.3) is 0 Å².